The van der Waals surface area contributed by atoms with E-state index < -0.39 is 0 Å². The first kappa shape index (κ1) is 24.9. The fourth-order valence-electron chi connectivity index (χ4n) is 3.49. The zero-order valence-corrected chi connectivity index (χ0v) is 21.4. The Morgan fingerprint density at radius 2 is 1.78 bits per heavy atom. The van der Waals surface area contributed by atoms with E-state index in [1.165, 1.54) is 25.1 Å². The van der Waals surface area contributed by atoms with Gasteiger partial charge in [-0.2, -0.15) is 9.78 Å². The highest BCUT2D eigenvalue weighted by molar-refractivity contribution is 9.10. The molecule has 0 aliphatic heterocycles. The number of rotatable bonds is 8. The van der Waals surface area contributed by atoms with Gasteiger partial charge < -0.3 is 19.5 Å². The number of anilines is 1. The van der Waals surface area contributed by atoms with E-state index in [0.717, 1.165) is 4.47 Å². The van der Waals surface area contributed by atoms with Crippen molar-refractivity contribution in [2.24, 2.45) is 5.10 Å². The number of ether oxygens (including phenoxy) is 3. The van der Waals surface area contributed by atoms with Crippen LogP contribution in [0.15, 0.2) is 75.0 Å². The van der Waals surface area contributed by atoms with Crippen LogP contribution in [0.2, 0.25) is 0 Å². The Morgan fingerprint density at radius 1 is 1.08 bits per heavy atom. The van der Waals surface area contributed by atoms with Crippen LogP contribution >= 0.6 is 15.9 Å². The molecule has 0 saturated heterocycles. The Labute approximate surface area is 215 Å². The molecule has 184 valence electrons. The van der Waals surface area contributed by atoms with Gasteiger partial charge in [-0.3, -0.25) is 9.59 Å². The third kappa shape index (κ3) is 5.55. The zero-order valence-electron chi connectivity index (χ0n) is 19.8. The Hall–Kier alpha value is -4.18. The number of hydrogen-bond acceptors (Lipinski definition) is 7. The molecule has 36 heavy (non-hydrogen) atoms. The van der Waals surface area contributed by atoms with Gasteiger partial charge in [0, 0.05) is 15.7 Å². The highest BCUT2D eigenvalue weighted by Crippen LogP contribution is 2.38. The lowest BCUT2D eigenvalue weighted by Crippen LogP contribution is -2.21. The average Bonchev–Trinajstić information content (AvgIpc) is 2.88. The van der Waals surface area contributed by atoms with Crippen LogP contribution in [0.3, 0.4) is 0 Å². The molecule has 1 N–H and O–H groups in total. The average molecular weight is 551 g/mol. The van der Waals surface area contributed by atoms with Gasteiger partial charge in [-0.25, -0.2) is 4.98 Å². The first-order chi connectivity index (χ1) is 17.4. The second-order valence-electron chi connectivity index (χ2n) is 7.64. The minimum Gasteiger partial charge on any atom is -0.493 e. The number of carbonyl (C=O) groups is 1. The topological polar surface area (TPSA) is 104 Å². The molecule has 10 heteroatoms. The number of fused-ring (bicyclic) bond motifs is 1. The van der Waals surface area contributed by atoms with E-state index in [0.29, 0.717) is 39.5 Å². The summed E-state index contributed by atoms with van der Waals surface area (Å²) in [6.07, 6.45) is 1.50. The molecule has 9 nitrogen and oxygen atoms in total. The molecule has 1 heterocycles. The summed E-state index contributed by atoms with van der Waals surface area (Å²) in [6, 6.07) is 17.7. The maximum atomic E-state index is 13.0. The van der Waals surface area contributed by atoms with E-state index in [2.05, 4.69) is 31.3 Å². The van der Waals surface area contributed by atoms with Crippen molar-refractivity contribution in [3.63, 3.8) is 0 Å². The van der Waals surface area contributed by atoms with Crippen LogP contribution < -0.4 is 25.1 Å². The molecule has 0 saturated carbocycles. The second kappa shape index (κ2) is 11.0. The normalized spacial score (nSPS) is 11.0. The molecule has 0 aliphatic carbocycles. The molecule has 3 aromatic carbocycles. The van der Waals surface area contributed by atoms with Crippen LogP contribution in [0.4, 0.5) is 5.69 Å². The number of nitrogens with one attached hydrogen (secondary N) is 1. The first-order valence-electron chi connectivity index (χ1n) is 10.9. The third-order valence-electron chi connectivity index (χ3n) is 5.18. The van der Waals surface area contributed by atoms with Crippen molar-refractivity contribution < 1.29 is 19.0 Å². The summed E-state index contributed by atoms with van der Waals surface area (Å²) in [7, 11) is 2.96. The minimum atomic E-state index is -0.332. The lowest BCUT2D eigenvalue weighted by molar-refractivity contribution is -0.118. The van der Waals surface area contributed by atoms with Gasteiger partial charge in [0.05, 0.1) is 31.3 Å². The van der Waals surface area contributed by atoms with Gasteiger partial charge in [0.1, 0.15) is 5.82 Å². The molecule has 0 atom stereocenters. The van der Waals surface area contributed by atoms with Gasteiger partial charge in [-0.1, -0.05) is 34.1 Å². The van der Waals surface area contributed by atoms with Crippen LogP contribution in [-0.4, -0.2) is 42.6 Å². The number of para-hydroxylation sites is 1. The number of aryl methyl sites for hydroxylation is 1. The summed E-state index contributed by atoms with van der Waals surface area (Å²) in [5.74, 6) is 1.06. The smallest absolute Gasteiger partial charge is 0.282 e. The summed E-state index contributed by atoms with van der Waals surface area (Å²) in [5.41, 5.74) is 1.55. The van der Waals surface area contributed by atoms with Gasteiger partial charge in [0.25, 0.3) is 11.5 Å². The number of amides is 1. The minimum absolute atomic E-state index is 0.248. The summed E-state index contributed by atoms with van der Waals surface area (Å²) in [4.78, 5) is 29.8. The maximum absolute atomic E-state index is 13.0. The molecule has 0 spiro atoms. The number of carbonyl (C=O) groups excluding carboxylic acids is 1. The van der Waals surface area contributed by atoms with Gasteiger partial charge in [0.15, 0.2) is 18.1 Å². The molecular formula is C26H23BrN4O5. The Morgan fingerprint density at radius 3 is 2.44 bits per heavy atom. The molecular weight excluding hydrogens is 528 g/mol. The molecule has 4 rings (SSSR count). The van der Waals surface area contributed by atoms with Crippen molar-refractivity contribution in [3.8, 4) is 17.2 Å². The molecule has 4 aromatic rings. The van der Waals surface area contributed by atoms with Crippen molar-refractivity contribution in [3.05, 3.63) is 86.9 Å². The first-order valence-corrected chi connectivity index (χ1v) is 11.7. The van der Waals surface area contributed by atoms with E-state index in [1.54, 1.807) is 43.3 Å². The maximum Gasteiger partial charge on any atom is 0.282 e. The predicted molar refractivity (Wildman–Crippen MR) is 142 cm³/mol. The van der Waals surface area contributed by atoms with Gasteiger partial charge in [0.2, 0.25) is 5.75 Å². The van der Waals surface area contributed by atoms with E-state index in [4.69, 9.17) is 14.2 Å². The number of aromatic nitrogens is 2. The van der Waals surface area contributed by atoms with Crippen molar-refractivity contribution in [1.29, 1.82) is 0 Å². The Bertz CT molecular complexity index is 1480. The molecule has 1 aromatic heterocycles. The number of nitrogens with zero attached hydrogens (tertiary/aromatic N) is 3. The largest absolute Gasteiger partial charge is 0.493 e. The van der Waals surface area contributed by atoms with Crippen molar-refractivity contribution in [2.45, 2.75) is 6.92 Å². The van der Waals surface area contributed by atoms with Crippen LogP contribution in [0.1, 0.15) is 11.4 Å². The number of hydrogen-bond donors (Lipinski definition) is 1. The second-order valence-corrected chi connectivity index (χ2v) is 8.56. The lowest BCUT2D eigenvalue weighted by atomic mass is 10.2. The molecule has 0 fully saturated rings. The lowest BCUT2D eigenvalue weighted by Gasteiger charge is -2.15. The Balaban J connectivity index is 1.59. The zero-order chi connectivity index (χ0) is 25.7. The van der Waals surface area contributed by atoms with Crippen LogP contribution in [0.25, 0.3) is 10.9 Å². The van der Waals surface area contributed by atoms with E-state index in [9.17, 15) is 9.59 Å². The van der Waals surface area contributed by atoms with Gasteiger partial charge >= 0.3 is 0 Å². The van der Waals surface area contributed by atoms with Crippen LogP contribution in [-0.2, 0) is 4.79 Å². The van der Waals surface area contributed by atoms with Crippen molar-refractivity contribution in [1.82, 2.24) is 9.66 Å². The molecule has 0 unspecified atom stereocenters. The van der Waals surface area contributed by atoms with E-state index in [1.807, 2.05) is 24.3 Å². The number of benzene rings is 3. The predicted octanol–water partition coefficient (Wildman–Crippen LogP) is 4.38. The summed E-state index contributed by atoms with van der Waals surface area (Å²) >= 11 is 3.38. The van der Waals surface area contributed by atoms with E-state index in [-0.39, 0.29) is 23.8 Å². The molecule has 1 amide bonds. The number of methoxy groups -OCH3 is 2. The SMILES string of the molecule is COc1cc(C=Nn2c(C)nc3ccc(Br)cc3c2=O)cc(OC)c1OCC(=O)Nc1ccccc1. The fourth-order valence-corrected chi connectivity index (χ4v) is 3.85. The fraction of sp³-hybridized carbons (Fsp3) is 0.154. The highest BCUT2D eigenvalue weighted by Gasteiger charge is 2.16. The van der Waals surface area contributed by atoms with Gasteiger partial charge in [-0.15, -0.1) is 0 Å². The van der Waals surface area contributed by atoms with Crippen molar-refractivity contribution >= 4 is 44.6 Å². The van der Waals surface area contributed by atoms with Crippen LogP contribution in [0, 0.1) is 6.92 Å². The molecule has 0 radical (unpaired) electrons. The molecule has 0 aliphatic rings. The van der Waals surface area contributed by atoms with Crippen LogP contribution in [0.5, 0.6) is 17.2 Å². The number of halogens is 1. The quantitative estimate of drug-likeness (QED) is 0.326. The highest BCUT2D eigenvalue weighted by atomic mass is 79.9. The standard InChI is InChI=1S/C26H23BrN4O5/c1-16-29-21-10-9-18(27)13-20(21)26(33)31(16)28-14-17-11-22(34-2)25(23(12-17)35-3)36-15-24(32)30-19-7-5-4-6-8-19/h4-14H,15H2,1-3H3,(H,30,32). The van der Waals surface area contributed by atoms with E-state index >= 15 is 0 Å². The Kier molecular flexibility index (Phi) is 7.65. The van der Waals surface area contributed by atoms with Gasteiger partial charge in [-0.05, 0) is 49.4 Å². The summed E-state index contributed by atoms with van der Waals surface area (Å²) < 4.78 is 18.7. The molecule has 0 bridgehead atoms. The summed E-state index contributed by atoms with van der Waals surface area (Å²) in [6.45, 7) is 1.46. The third-order valence-corrected chi connectivity index (χ3v) is 5.67. The monoisotopic (exact) mass is 550 g/mol. The summed E-state index contributed by atoms with van der Waals surface area (Å²) in [5, 5.41) is 7.54. The van der Waals surface area contributed by atoms with Crippen molar-refractivity contribution in [2.75, 3.05) is 26.1 Å².